The van der Waals surface area contributed by atoms with Crippen LogP contribution < -0.4 is 5.32 Å². The SMILES string of the molecule is CCOC(=O)C(C)Nc1ccc2ncsc2c1. The van der Waals surface area contributed by atoms with Crippen LogP contribution in [-0.2, 0) is 9.53 Å². The number of hydrogen-bond donors (Lipinski definition) is 1. The lowest BCUT2D eigenvalue weighted by molar-refractivity contribution is -0.143. The van der Waals surface area contributed by atoms with Crippen molar-refractivity contribution in [3.63, 3.8) is 0 Å². The lowest BCUT2D eigenvalue weighted by atomic mass is 10.2. The lowest BCUT2D eigenvalue weighted by Crippen LogP contribution is -2.28. The van der Waals surface area contributed by atoms with Crippen molar-refractivity contribution in [3.8, 4) is 0 Å². The number of anilines is 1. The number of carbonyl (C=O) groups is 1. The molecule has 0 spiro atoms. The van der Waals surface area contributed by atoms with Gasteiger partial charge in [-0.05, 0) is 32.0 Å². The molecule has 0 aliphatic rings. The molecule has 90 valence electrons. The van der Waals surface area contributed by atoms with Crippen LogP contribution in [0.15, 0.2) is 23.7 Å². The van der Waals surface area contributed by atoms with Crippen molar-refractivity contribution in [1.82, 2.24) is 4.98 Å². The van der Waals surface area contributed by atoms with Gasteiger partial charge in [-0.3, -0.25) is 0 Å². The van der Waals surface area contributed by atoms with Gasteiger partial charge in [-0.2, -0.15) is 0 Å². The summed E-state index contributed by atoms with van der Waals surface area (Å²) >= 11 is 1.58. The van der Waals surface area contributed by atoms with Gasteiger partial charge >= 0.3 is 5.97 Å². The van der Waals surface area contributed by atoms with Crippen LogP contribution in [0.3, 0.4) is 0 Å². The third kappa shape index (κ3) is 2.74. The van der Waals surface area contributed by atoms with E-state index < -0.39 is 0 Å². The van der Waals surface area contributed by atoms with Gasteiger partial charge in [-0.25, -0.2) is 9.78 Å². The highest BCUT2D eigenvalue weighted by molar-refractivity contribution is 7.16. The second kappa shape index (κ2) is 5.14. The van der Waals surface area contributed by atoms with Crippen LogP contribution in [-0.4, -0.2) is 23.6 Å². The molecule has 0 aliphatic heterocycles. The first kappa shape index (κ1) is 11.9. The van der Waals surface area contributed by atoms with Crippen molar-refractivity contribution in [1.29, 1.82) is 0 Å². The molecular formula is C12H14N2O2S. The summed E-state index contributed by atoms with van der Waals surface area (Å²) in [5.41, 5.74) is 3.69. The Morgan fingerprint density at radius 3 is 3.18 bits per heavy atom. The molecule has 0 saturated heterocycles. The third-order valence-electron chi connectivity index (χ3n) is 2.35. The number of ether oxygens (including phenoxy) is 1. The monoisotopic (exact) mass is 250 g/mol. The standard InChI is InChI=1S/C12H14N2O2S/c1-3-16-12(15)8(2)14-9-4-5-10-11(6-9)17-7-13-10/h4-8,14H,3H2,1-2H3. The summed E-state index contributed by atoms with van der Waals surface area (Å²) in [7, 11) is 0. The minimum atomic E-state index is -0.347. The Morgan fingerprint density at radius 1 is 1.59 bits per heavy atom. The summed E-state index contributed by atoms with van der Waals surface area (Å²) in [6.45, 7) is 3.99. The van der Waals surface area contributed by atoms with E-state index >= 15 is 0 Å². The minimum absolute atomic E-state index is 0.239. The zero-order chi connectivity index (χ0) is 12.3. The highest BCUT2D eigenvalue weighted by Gasteiger charge is 2.13. The van der Waals surface area contributed by atoms with Gasteiger partial charge < -0.3 is 10.1 Å². The number of rotatable bonds is 4. The molecule has 2 aromatic rings. The molecule has 0 saturated carbocycles. The quantitative estimate of drug-likeness (QED) is 0.848. The Morgan fingerprint density at radius 2 is 2.41 bits per heavy atom. The van der Waals surface area contributed by atoms with Crippen molar-refractivity contribution in [2.24, 2.45) is 0 Å². The molecule has 1 heterocycles. The molecule has 0 fully saturated rings. The van der Waals surface area contributed by atoms with E-state index in [-0.39, 0.29) is 12.0 Å². The van der Waals surface area contributed by atoms with Crippen LogP contribution in [0.25, 0.3) is 10.2 Å². The van der Waals surface area contributed by atoms with Crippen LogP contribution in [0.1, 0.15) is 13.8 Å². The maximum absolute atomic E-state index is 11.5. The number of hydrogen-bond acceptors (Lipinski definition) is 5. The summed E-state index contributed by atoms with van der Waals surface area (Å²) in [6.07, 6.45) is 0. The number of carbonyl (C=O) groups excluding carboxylic acids is 1. The average molecular weight is 250 g/mol. The van der Waals surface area contributed by atoms with E-state index in [1.165, 1.54) is 0 Å². The first-order chi connectivity index (χ1) is 8.20. The predicted octanol–water partition coefficient (Wildman–Crippen LogP) is 2.66. The van der Waals surface area contributed by atoms with Gasteiger partial charge in [0.05, 0.1) is 22.3 Å². The van der Waals surface area contributed by atoms with Gasteiger partial charge in [0.2, 0.25) is 0 Å². The largest absolute Gasteiger partial charge is 0.464 e. The fraction of sp³-hybridized carbons (Fsp3) is 0.333. The summed E-state index contributed by atoms with van der Waals surface area (Å²) in [5.74, 6) is -0.239. The smallest absolute Gasteiger partial charge is 0.328 e. The van der Waals surface area contributed by atoms with E-state index in [2.05, 4.69) is 10.3 Å². The fourth-order valence-electron chi connectivity index (χ4n) is 1.52. The van der Waals surface area contributed by atoms with Crippen molar-refractivity contribution in [2.45, 2.75) is 19.9 Å². The zero-order valence-electron chi connectivity index (χ0n) is 9.77. The number of thiazole rings is 1. The Hall–Kier alpha value is -1.62. The first-order valence-electron chi connectivity index (χ1n) is 5.47. The zero-order valence-corrected chi connectivity index (χ0v) is 10.6. The summed E-state index contributed by atoms with van der Waals surface area (Å²) < 4.78 is 6.04. The number of esters is 1. The predicted molar refractivity (Wildman–Crippen MR) is 69.3 cm³/mol. The van der Waals surface area contributed by atoms with Crippen LogP contribution in [0, 0.1) is 0 Å². The van der Waals surface area contributed by atoms with Crippen molar-refractivity contribution in [3.05, 3.63) is 23.7 Å². The normalized spacial score (nSPS) is 12.4. The van der Waals surface area contributed by atoms with Crippen LogP contribution >= 0.6 is 11.3 Å². The Bertz CT molecular complexity index is 524. The Balaban J connectivity index is 2.09. The number of fused-ring (bicyclic) bond motifs is 1. The van der Waals surface area contributed by atoms with Gasteiger partial charge in [0.25, 0.3) is 0 Å². The summed E-state index contributed by atoms with van der Waals surface area (Å²) in [4.78, 5) is 15.7. The molecule has 0 radical (unpaired) electrons. The summed E-state index contributed by atoms with van der Waals surface area (Å²) in [6, 6.07) is 5.49. The molecule has 1 aromatic heterocycles. The second-order valence-corrected chi connectivity index (χ2v) is 4.54. The van der Waals surface area contributed by atoms with Crippen molar-refractivity contribution < 1.29 is 9.53 Å². The molecule has 0 bridgehead atoms. The van der Waals surface area contributed by atoms with Gasteiger partial charge in [-0.1, -0.05) is 0 Å². The molecule has 17 heavy (non-hydrogen) atoms. The number of benzene rings is 1. The highest BCUT2D eigenvalue weighted by atomic mass is 32.1. The van der Waals surface area contributed by atoms with Crippen molar-refractivity contribution in [2.75, 3.05) is 11.9 Å². The lowest BCUT2D eigenvalue weighted by Gasteiger charge is -2.13. The molecule has 1 N–H and O–H groups in total. The molecule has 5 heteroatoms. The van der Waals surface area contributed by atoms with Crippen LogP contribution in [0.2, 0.25) is 0 Å². The molecule has 2 rings (SSSR count). The number of nitrogens with zero attached hydrogens (tertiary/aromatic N) is 1. The van der Waals surface area contributed by atoms with E-state index in [1.54, 1.807) is 25.2 Å². The molecule has 1 aromatic carbocycles. The van der Waals surface area contributed by atoms with E-state index in [4.69, 9.17) is 4.74 Å². The number of aromatic nitrogens is 1. The third-order valence-corrected chi connectivity index (χ3v) is 3.15. The van der Waals surface area contributed by atoms with E-state index in [0.29, 0.717) is 6.61 Å². The topological polar surface area (TPSA) is 51.2 Å². The molecular weight excluding hydrogens is 236 g/mol. The van der Waals surface area contributed by atoms with E-state index in [0.717, 1.165) is 15.9 Å². The maximum atomic E-state index is 11.5. The fourth-order valence-corrected chi connectivity index (χ4v) is 2.24. The number of nitrogens with one attached hydrogen (secondary N) is 1. The minimum Gasteiger partial charge on any atom is -0.464 e. The van der Waals surface area contributed by atoms with E-state index in [9.17, 15) is 4.79 Å². The van der Waals surface area contributed by atoms with Gasteiger partial charge in [0.15, 0.2) is 0 Å². The molecule has 1 unspecified atom stereocenters. The highest BCUT2D eigenvalue weighted by Crippen LogP contribution is 2.22. The van der Waals surface area contributed by atoms with Gasteiger partial charge in [0.1, 0.15) is 6.04 Å². The maximum Gasteiger partial charge on any atom is 0.328 e. The average Bonchev–Trinajstić information content (AvgIpc) is 2.76. The second-order valence-electron chi connectivity index (χ2n) is 3.65. The Labute approximate surface area is 104 Å². The van der Waals surface area contributed by atoms with Gasteiger partial charge in [-0.15, -0.1) is 11.3 Å². The molecule has 1 atom stereocenters. The van der Waals surface area contributed by atoms with Gasteiger partial charge in [0, 0.05) is 5.69 Å². The molecule has 0 amide bonds. The molecule has 0 aliphatic carbocycles. The van der Waals surface area contributed by atoms with Crippen LogP contribution in [0.5, 0.6) is 0 Å². The Kier molecular flexibility index (Phi) is 3.58. The first-order valence-corrected chi connectivity index (χ1v) is 6.35. The summed E-state index contributed by atoms with van der Waals surface area (Å²) in [5, 5.41) is 3.11. The van der Waals surface area contributed by atoms with Crippen LogP contribution in [0.4, 0.5) is 5.69 Å². The molecule has 4 nitrogen and oxygen atoms in total. The van der Waals surface area contributed by atoms with E-state index in [1.807, 2.05) is 23.7 Å². The van der Waals surface area contributed by atoms with Crippen molar-refractivity contribution >= 4 is 33.2 Å².